The summed E-state index contributed by atoms with van der Waals surface area (Å²) in [7, 11) is -3.00. The largest absolute Gasteiger partial charge is 0.314 e. The molecule has 0 aromatic carbocycles. The molecule has 0 saturated carbocycles. The standard InChI is InChI=1S/C12H20N2O2S2/c1-18(15,16)14-8-5-11(6-9-14)13-7-4-12-3-2-10-17-12/h2-3,10-11,13H,4-9H2,1H3. The highest BCUT2D eigenvalue weighted by Crippen LogP contribution is 2.13. The summed E-state index contributed by atoms with van der Waals surface area (Å²) >= 11 is 1.79. The van der Waals surface area contributed by atoms with Gasteiger partial charge in [0.2, 0.25) is 10.0 Å². The summed E-state index contributed by atoms with van der Waals surface area (Å²) in [5, 5.41) is 5.61. The summed E-state index contributed by atoms with van der Waals surface area (Å²) in [5.74, 6) is 0. The Kier molecular flexibility index (Phi) is 4.77. The molecule has 0 unspecified atom stereocenters. The maximum atomic E-state index is 11.4. The smallest absolute Gasteiger partial charge is 0.211 e. The molecule has 1 aromatic rings. The van der Waals surface area contributed by atoms with Gasteiger partial charge in [-0.1, -0.05) is 6.07 Å². The number of hydrogen-bond acceptors (Lipinski definition) is 4. The van der Waals surface area contributed by atoms with E-state index in [-0.39, 0.29) is 0 Å². The van der Waals surface area contributed by atoms with Gasteiger partial charge in [0.1, 0.15) is 0 Å². The molecule has 1 aliphatic rings. The predicted molar refractivity (Wildman–Crippen MR) is 75.5 cm³/mol. The van der Waals surface area contributed by atoms with Crippen molar-refractivity contribution in [2.75, 3.05) is 25.9 Å². The Balaban J connectivity index is 1.68. The second-order valence-corrected chi connectivity index (χ2v) is 7.73. The number of nitrogens with zero attached hydrogens (tertiary/aromatic N) is 1. The molecule has 0 aliphatic carbocycles. The fraction of sp³-hybridized carbons (Fsp3) is 0.667. The van der Waals surface area contributed by atoms with Gasteiger partial charge in [0.05, 0.1) is 6.26 Å². The minimum absolute atomic E-state index is 0.461. The average molecular weight is 288 g/mol. The van der Waals surface area contributed by atoms with Crippen LogP contribution in [-0.2, 0) is 16.4 Å². The molecule has 0 bridgehead atoms. The quantitative estimate of drug-likeness (QED) is 0.888. The predicted octanol–water partition coefficient (Wildman–Crippen LogP) is 1.30. The molecule has 0 radical (unpaired) electrons. The lowest BCUT2D eigenvalue weighted by atomic mass is 10.1. The summed E-state index contributed by atoms with van der Waals surface area (Å²) in [6.07, 6.45) is 4.18. The van der Waals surface area contributed by atoms with Crippen molar-refractivity contribution in [3.05, 3.63) is 22.4 Å². The van der Waals surface area contributed by atoms with E-state index in [9.17, 15) is 8.42 Å². The third-order valence-corrected chi connectivity index (χ3v) is 5.55. The normalized spacial score (nSPS) is 19.2. The van der Waals surface area contributed by atoms with Gasteiger partial charge in [-0.05, 0) is 30.7 Å². The van der Waals surface area contributed by atoms with Crippen LogP contribution in [0.4, 0.5) is 0 Å². The molecule has 18 heavy (non-hydrogen) atoms. The van der Waals surface area contributed by atoms with Gasteiger partial charge < -0.3 is 5.32 Å². The number of thiophene rings is 1. The number of nitrogens with one attached hydrogen (secondary N) is 1. The van der Waals surface area contributed by atoms with Gasteiger partial charge in [0.15, 0.2) is 0 Å². The summed E-state index contributed by atoms with van der Waals surface area (Å²) in [5.41, 5.74) is 0. The van der Waals surface area contributed by atoms with Gasteiger partial charge in [-0.2, -0.15) is 0 Å². The molecule has 2 heterocycles. The zero-order chi connectivity index (χ0) is 13.0. The van der Waals surface area contributed by atoms with E-state index in [1.165, 1.54) is 11.1 Å². The second kappa shape index (κ2) is 6.14. The lowest BCUT2D eigenvalue weighted by Gasteiger charge is -2.30. The van der Waals surface area contributed by atoms with Crippen LogP contribution < -0.4 is 5.32 Å². The van der Waals surface area contributed by atoms with Crippen molar-refractivity contribution in [2.45, 2.75) is 25.3 Å². The third kappa shape index (κ3) is 4.05. The Morgan fingerprint density at radius 3 is 2.72 bits per heavy atom. The van der Waals surface area contributed by atoms with E-state index in [0.29, 0.717) is 19.1 Å². The Morgan fingerprint density at radius 1 is 1.44 bits per heavy atom. The average Bonchev–Trinajstić information content (AvgIpc) is 2.82. The van der Waals surface area contributed by atoms with E-state index in [2.05, 4.69) is 22.8 Å². The molecule has 102 valence electrons. The van der Waals surface area contributed by atoms with E-state index in [0.717, 1.165) is 25.8 Å². The SMILES string of the molecule is CS(=O)(=O)N1CCC(NCCc2cccs2)CC1. The van der Waals surface area contributed by atoms with Crippen molar-refractivity contribution in [1.82, 2.24) is 9.62 Å². The highest BCUT2D eigenvalue weighted by atomic mass is 32.2. The highest BCUT2D eigenvalue weighted by molar-refractivity contribution is 7.88. The monoisotopic (exact) mass is 288 g/mol. The van der Waals surface area contributed by atoms with Crippen molar-refractivity contribution in [2.24, 2.45) is 0 Å². The third-order valence-electron chi connectivity index (χ3n) is 3.31. The van der Waals surface area contributed by atoms with Gasteiger partial charge >= 0.3 is 0 Å². The molecule has 1 fully saturated rings. The van der Waals surface area contributed by atoms with Gasteiger partial charge in [-0.3, -0.25) is 0 Å². The molecule has 1 N–H and O–H groups in total. The van der Waals surface area contributed by atoms with Crippen LogP contribution in [0.1, 0.15) is 17.7 Å². The van der Waals surface area contributed by atoms with E-state index >= 15 is 0 Å². The molecule has 4 nitrogen and oxygen atoms in total. The fourth-order valence-corrected chi connectivity index (χ4v) is 3.83. The Hall–Kier alpha value is -0.430. The molecule has 0 amide bonds. The van der Waals surface area contributed by atoms with Gasteiger partial charge in [0.25, 0.3) is 0 Å². The van der Waals surface area contributed by atoms with Crippen LogP contribution in [-0.4, -0.2) is 44.7 Å². The molecule has 1 aromatic heterocycles. The fourth-order valence-electron chi connectivity index (χ4n) is 2.25. The molecule has 1 saturated heterocycles. The second-order valence-electron chi connectivity index (χ2n) is 4.72. The first-order valence-corrected chi connectivity index (χ1v) is 8.99. The first kappa shape index (κ1) is 14.0. The van der Waals surface area contributed by atoms with Gasteiger partial charge in [0, 0.05) is 30.6 Å². The van der Waals surface area contributed by atoms with Crippen LogP contribution in [0.15, 0.2) is 17.5 Å². The highest BCUT2D eigenvalue weighted by Gasteiger charge is 2.24. The van der Waals surface area contributed by atoms with Crippen molar-refractivity contribution in [1.29, 1.82) is 0 Å². The van der Waals surface area contributed by atoms with Crippen molar-refractivity contribution >= 4 is 21.4 Å². The first-order chi connectivity index (χ1) is 8.55. The lowest BCUT2D eigenvalue weighted by Crippen LogP contribution is -2.44. The van der Waals surface area contributed by atoms with E-state index in [1.54, 1.807) is 15.6 Å². The van der Waals surface area contributed by atoms with Crippen LogP contribution in [0.3, 0.4) is 0 Å². The molecular formula is C12H20N2O2S2. The molecule has 1 aliphatic heterocycles. The molecule has 6 heteroatoms. The maximum Gasteiger partial charge on any atom is 0.211 e. The van der Waals surface area contributed by atoms with Crippen LogP contribution in [0.25, 0.3) is 0 Å². The Bertz CT molecular complexity index is 448. The first-order valence-electron chi connectivity index (χ1n) is 6.26. The zero-order valence-electron chi connectivity index (χ0n) is 10.6. The van der Waals surface area contributed by atoms with E-state index < -0.39 is 10.0 Å². The molecule has 2 rings (SSSR count). The van der Waals surface area contributed by atoms with Crippen LogP contribution in [0.2, 0.25) is 0 Å². The molecule has 0 atom stereocenters. The summed E-state index contributed by atoms with van der Waals surface area (Å²) in [4.78, 5) is 1.40. The number of hydrogen-bond donors (Lipinski definition) is 1. The van der Waals surface area contributed by atoms with Crippen LogP contribution in [0.5, 0.6) is 0 Å². The minimum Gasteiger partial charge on any atom is -0.314 e. The Morgan fingerprint density at radius 2 is 2.17 bits per heavy atom. The van der Waals surface area contributed by atoms with Gasteiger partial charge in [-0.15, -0.1) is 11.3 Å². The van der Waals surface area contributed by atoms with E-state index in [1.807, 2.05) is 0 Å². The van der Waals surface area contributed by atoms with Crippen molar-refractivity contribution < 1.29 is 8.42 Å². The van der Waals surface area contributed by atoms with Crippen molar-refractivity contribution in [3.8, 4) is 0 Å². The topological polar surface area (TPSA) is 49.4 Å². The zero-order valence-corrected chi connectivity index (χ0v) is 12.3. The lowest BCUT2D eigenvalue weighted by molar-refractivity contribution is 0.292. The summed E-state index contributed by atoms with van der Waals surface area (Å²) < 4.78 is 24.3. The van der Waals surface area contributed by atoms with Crippen LogP contribution in [0, 0.1) is 0 Å². The molecular weight excluding hydrogens is 268 g/mol. The van der Waals surface area contributed by atoms with Gasteiger partial charge in [-0.25, -0.2) is 12.7 Å². The summed E-state index contributed by atoms with van der Waals surface area (Å²) in [6.45, 7) is 2.27. The van der Waals surface area contributed by atoms with Crippen molar-refractivity contribution in [3.63, 3.8) is 0 Å². The Labute approximate surface area is 113 Å². The van der Waals surface area contributed by atoms with Crippen LogP contribution >= 0.6 is 11.3 Å². The molecule has 0 spiro atoms. The van der Waals surface area contributed by atoms with E-state index in [4.69, 9.17) is 0 Å². The number of piperidine rings is 1. The number of sulfonamides is 1. The minimum atomic E-state index is -3.00. The summed E-state index contributed by atoms with van der Waals surface area (Å²) in [6, 6.07) is 4.69. The number of rotatable bonds is 5. The maximum absolute atomic E-state index is 11.4.